The normalized spacial score (nSPS) is 17.2. The van der Waals surface area contributed by atoms with Gasteiger partial charge in [-0.2, -0.15) is 5.10 Å². The molecule has 0 spiro atoms. The van der Waals surface area contributed by atoms with Gasteiger partial charge in [0.15, 0.2) is 5.65 Å². The van der Waals surface area contributed by atoms with Crippen LogP contribution in [0.15, 0.2) is 30.7 Å². The summed E-state index contributed by atoms with van der Waals surface area (Å²) in [6, 6.07) is 5.45. The van der Waals surface area contributed by atoms with Crippen molar-refractivity contribution in [2.45, 2.75) is 25.3 Å². The molecule has 0 bridgehead atoms. The van der Waals surface area contributed by atoms with Crippen molar-refractivity contribution < 1.29 is 0 Å². The maximum atomic E-state index is 6.34. The topological polar surface area (TPSA) is 72.9 Å². The van der Waals surface area contributed by atoms with E-state index in [0.29, 0.717) is 21.4 Å². The van der Waals surface area contributed by atoms with Crippen molar-refractivity contribution >= 4 is 40.1 Å². The van der Waals surface area contributed by atoms with Crippen LogP contribution >= 0.6 is 23.2 Å². The molecule has 0 atom stereocenters. The maximum absolute atomic E-state index is 6.34. The summed E-state index contributed by atoms with van der Waals surface area (Å²) in [4.78, 5) is 11.1. The van der Waals surface area contributed by atoms with Gasteiger partial charge in [0.1, 0.15) is 12.1 Å². The summed E-state index contributed by atoms with van der Waals surface area (Å²) >= 11 is 12.5. The molecule has 3 heterocycles. The predicted molar refractivity (Wildman–Crippen MR) is 101 cm³/mol. The lowest BCUT2D eigenvalue weighted by molar-refractivity contribution is 0.363. The first-order valence-corrected chi connectivity index (χ1v) is 8.89. The summed E-state index contributed by atoms with van der Waals surface area (Å²) in [5.41, 5.74) is 7.53. The Kier molecular flexibility index (Phi) is 4.06. The van der Waals surface area contributed by atoms with Crippen molar-refractivity contribution in [1.82, 2.24) is 19.7 Å². The summed E-state index contributed by atoms with van der Waals surface area (Å²) in [6.07, 6.45) is 5.18. The molecular weight excluding hydrogens is 359 g/mol. The zero-order valence-electron chi connectivity index (χ0n) is 13.8. The standard InChI is InChI=1S/C17H18Cl2N6/c1-17(20)5-7-24(8-6-17)15-11-9-23-25(16(11)22-10-21-15)13-4-2-3-12(18)14(13)19/h2-4,9-10H,5-8,20H2,1H3. The van der Waals surface area contributed by atoms with Crippen LogP contribution in [0, 0.1) is 0 Å². The van der Waals surface area contributed by atoms with Crippen LogP contribution in [0.4, 0.5) is 5.82 Å². The van der Waals surface area contributed by atoms with Crippen molar-refractivity contribution in [2.24, 2.45) is 5.73 Å². The summed E-state index contributed by atoms with van der Waals surface area (Å²) in [6.45, 7) is 3.82. The molecule has 8 heteroatoms. The Bertz CT molecular complexity index is 926. The van der Waals surface area contributed by atoms with E-state index in [1.807, 2.05) is 12.1 Å². The van der Waals surface area contributed by atoms with Gasteiger partial charge in [-0.15, -0.1) is 0 Å². The molecule has 2 N–H and O–H groups in total. The lowest BCUT2D eigenvalue weighted by Crippen LogP contribution is -2.48. The minimum Gasteiger partial charge on any atom is -0.356 e. The number of halogens is 2. The summed E-state index contributed by atoms with van der Waals surface area (Å²) < 4.78 is 1.70. The van der Waals surface area contributed by atoms with Crippen molar-refractivity contribution in [3.63, 3.8) is 0 Å². The van der Waals surface area contributed by atoms with E-state index in [9.17, 15) is 0 Å². The van der Waals surface area contributed by atoms with Gasteiger partial charge in [-0.3, -0.25) is 0 Å². The molecule has 4 rings (SSSR count). The van der Waals surface area contributed by atoms with E-state index >= 15 is 0 Å². The number of hydrogen-bond acceptors (Lipinski definition) is 5. The largest absolute Gasteiger partial charge is 0.356 e. The van der Waals surface area contributed by atoms with Crippen molar-refractivity contribution in [3.05, 3.63) is 40.8 Å². The molecule has 0 amide bonds. The molecule has 130 valence electrons. The molecule has 3 aromatic rings. The minimum absolute atomic E-state index is 0.110. The second kappa shape index (κ2) is 6.12. The number of piperidine rings is 1. The van der Waals surface area contributed by atoms with Gasteiger partial charge in [0.2, 0.25) is 0 Å². The highest BCUT2D eigenvalue weighted by Gasteiger charge is 2.28. The summed E-state index contributed by atoms with van der Waals surface area (Å²) in [5, 5.41) is 6.29. The summed E-state index contributed by atoms with van der Waals surface area (Å²) in [7, 11) is 0. The number of fused-ring (bicyclic) bond motifs is 1. The number of benzene rings is 1. The molecule has 2 aromatic heterocycles. The Hall–Kier alpha value is -1.89. The minimum atomic E-state index is -0.110. The molecule has 1 aliphatic rings. The molecule has 1 fully saturated rings. The average Bonchev–Trinajstić information content (AvgIpc) is 3.01. The summed E-state index contributed by atoms with van der Waals surface area (Å²) in [5.74, 6) is 0.880. The Balaban J connectivity index is 1.78. The monoisotopic (exact) mass is 376 g/mol. The van der Waals surface area contributed by atoms with Crippen LogP contribution in [0.25, 0.3) is 16.7 Å². The SMILES string of the molecule is CC1(N)CCN(c2ncnc3c2cnn3-c2cccc(Cl)c2Cl)CC1. The van der Waals surface area contributed by atoms with Crippen LogP contribution in [0.2, 0.25) is 10.0 Å². The first-order chi connectivity index (χ1) is 12.0. The number of aromatic nitrogens is 4. The van der Waals surface area contributed by atoms with Crippen LogP contribution in [-0.2, 0) is 0 Å². The quantitative estimate of drug-likeness (QED) is 0.741. The molecular formula is C17H18Cl2N6. The Labute approximate surface area is 155 Å². The van der Waals surface area contributed by atoms with E-state index in [2.05, 4.69) is 26.9 Å². The Morgan fingerprint density at radius 3 is 2.68 bits per heavy atom. The highest BCUT2D eigenvalue weighted by molar-refractivity contribution is 6.43. The molecule has 0 radical (unpaired) electrons. The van der Waals surface area contributed by atoms with Gasteiger partial charge < -0.3 is 10.6 Å². The first kappa shape index (κ1) is 16.6. The predicted octanol–water partition coefficient (Wildman–Crippen LogP) is 3.44. The fourth-order valence-electron chi connectivity index (χ4n) is 3.15. The second-order valence-corrected chi connectivity index (χ2v) is 7.49. The molecule has 6 nitrogen and oxygen atoms in total. The van der Waals surface area contributed by atoms with E-state index in [1.165, 1.54) is 0 Å². The smallest absolute Gasteiger partial charge is 0.168 e. The zero-order chi connectivity index (χ0) is 17.6. The van der Waals surface area contributed by atoms with E-state index in [0.717, 1.165) is 37.1 Å². The number of anilines is 1. The second-order valence-electron chi connectivity index (χ2n) is 6.70. The molecule has 1 aliphatic heterocycles. The number of nitrogens with zero attached hydrogens (tertiary/aromatic N) is 5. The third-order valence-electron chi connectivity index (χ3n) is 4.71. The molecule has 1 saturated heterocycles. The van der Waals surface area contributed by atoms with Crippen molar-refractivity contribution in [3.8, 4) is 5.69 Å². The lowest BCUT2D eigenvalue weighted by atomic mass is 9.91. The molecule has 0 saturated carbocycles. The van der Waals surface area contributed by atoms with E-state index in [1.54, 1.807) is 23.3 Å². The van der Waals surface area contributed by atoms with Crippen LogP contribution in [0.1, 0.15) is 19.8 Å². The van der Waals surface area contributed by atoms with Gasteiger partial charge in [-0.25, -0.2) is 14.6 Å². The number of rotatable bonds is 2. The van der Waals surface area contributed by atoms with Gasteiger partial charge >= 0.3 is 0 Å². The van der Waals surface area contributed by atoms with Crippen LogP contribution in [0.5, 0.6) is 0 Å². The number of hydrogen-bond donors (Lipinski definition) is 1. The number of nitrogens with two attached hydrogens (primary N) is 1. The van der Waals surface area contributed by atoms with Crippen LogP contribution < -0.4 is 10.6 Å². The maximum Gasteiger partial charge on any atom is 0.168 e. The van der Waals surface area contributed by atoms with Crippen molar-refractivity contribution in [1.29, 1.82) is 0 Å². The third kappa shape index (κ3) is 2.94. The lowest BCUT2D eigenvalue weighted by Gasteiger charge is -2.37. The fraction of sp³-hybridized carbons (Fsp3) is 0.353. The molecule has 25 heavy (non-hydrogen) atoms. The molecule has 0 unspecified atom stereocenters. The van der Waals surface area contributed by atoms with E-state index in [-0.39, 0.29) is 5.54 Å². The third-order valence-corrected chi connectivity index (χ3v) is 5.52. The van der Waals surface area contributed by atoms with Gasteiger partial charge in [0.05, 0.1) is 27.3 Å². The average molecular weight is 377 g/mol. The first-order valence-electron chi connectivity index (χ1n) is 8.13. The van der Waals surface area contributed by atoms with Crippen molar-refractivity contribution in [2.75, 3.05) is 18.0 Å². The van der Waals surface area contributed by atoms with E-state index in [4.69, 9.17) is 28.9 Å². The zero-order valence-corrected chi connectivity index (χ0v) is 15.3. The van der Waals surface area contributed by atoms with Crippen LogP contribution in [0.3, 0.4) is 0 Å². The molecule has 0 aliphatic carbocycles. The Morgan fingerprint density at radius 2 is 1.92 bits per heavy atom. The van der Waals surface area contributed by atoms with Gasteiger partial charge in [0.25, 0.3) is 0 Å². The highest BCUT2D eigenvalue weighted by Crippen LogP contribution is 2.32. The highest BCUT2D eigenvalue weighted by atomic mass is 35.5. The van der Waals surface area contributed by atoms with Gasteiger partial charge in [-0.05, 0) is 31.9 Å². The molecule has 1 aromatic carbocycles. The Morgan fingerprint density at radius 1 is 1.16 bits per heavy atom. The van der Waals surface area contributed by atoms with Crippen LogP contribution in [-0.4, -0.2) is 38.4 Å². The fourth-order valence-corrected chi connectivity index (χ4v) is 3.52. The van der Waals surface area contributed by atoms with E-state index < -0.39 is 0 Å². The van der Waals surface area contributed by atoms with Gasteiger partial charge in [-0.1, -0.05) is 29.3 Å². The van der Waals surface area contributed by atoms with Gasteiger partial charge in [0, 0.05) is 18.6 Å².